The molecule has 0 bridgehead atoms. The lowest BCUT2D eigenvalue weighted by Crippen LogP contribution is -2.28. The van der Waals surface area contributed by atoms with Gasteiger partial charge in [-0.2, -0.15) is 0 Å². The summed E-state index contributed by atoms with van der Waals surface area (Å²) in [5.41, 5.74) is 0.488. The summed E-state index contributed by atoms with van der Waals surface area (Å²) >= 11 is 0. The van der Waals surface area contributed by atoms with Crippen molar-refractivity contribution in [2.45, 2.75) is 53.1 Å². The van der Waals surface area contributed by atoms with Crippen LogP contribution >= 0.6 is 0 Å². The maximum atomic E-state index is 12.2. The molecule has 122 valence electrons. The number of carbonyl (C=O) groups excluding carboxylic acids is 1. The Hall–Kier alpha value is -2.46. The molecule has 4 heteroatoms. The van der Waals surface area contributed by atoms with E-state index < -0.39 is 0 Å². The van der Waals surface area contributed by atoms with Crippen LogP contribution in [-0.4, -0.2) is 17.1 Å². The fraction of sp³-hybridized carbons (Fsp3) is 0.474. The van der Waals surface area contributed by atoms with Gasteiger partial charge in [-0.05, 0) is 39.2 Å². The van der Waals surface area contributed by atoms with Crippen molar-refractivity contribution in [3.8, 4) is 23.7 Å². The summed E-state index contributed by atoms with van der Waals surface area (Å²) < 4.78 is 10.9. The summed E-state index contributed by atoms with van der Waals surface area (Å²) in [6, 6.07) is 0. The predicted octanol–water partition coefficient (Wildman–Crippen LogP) is 3.54. The average Bonchev–Trinajstić information content (AvgIpc) is 3.05. The summed E-state index contributed by atoms with van der Waals surface area (Å²) in [4.78, 5) is 16.1. The second-order valence-electron chi connectivity index (χ2n) is 5.28. The molecule has 0 saturated heterocycles. The quantitative estimate of drug-likeness (QED) is 0.439. The van der Waals surface area contributed by atoms with E-state index in [4.69, 9.17) is 9.15 Å². The summed E-state index contributed by atoms with van der Waals surface area (Å²) in [7, 11) is 0. The Morgan fingerprint density at radius 2 is 2.22 bits per heavy atom. The van der Waals surface area contributed by atoms with Gasteiger partial charge in [0.15, 0.2) is 6.39 Å². The topological polar surface area (TPSA) is 52.3 Å². The molecular formula is C19H23NO3. The molecule has 4 nitrogen and oxygen atoms in total. The van der Waals surface area contributed by atoms with Gasteiger partial charge in [-0.1, -0.05) is 12.8 Å². The van der Waals surface area contributed by atoms with E-state index in [9.17, 15) is 4.79 Å². The molecule has 0 unspecified atom stereocenters. The fourth-order valence-corrected chi connectivity index (χ4v) is 1.98. The highest BCUT2D eigenvalue weighted by atomic mass is 16.5. The van der Waals surface area contributed by atoms with Crippen LogP contribution in [0.5, 0.6) is 0 Å². The number of hydrogen-bond donors (Lipinski definition) is 0. The number of rotatable bonds is 7. The summed E-state index contributed by atoms with van der Waals surface area (Å²) in [6.07, 6.45) is 6.43. The smallest absolute Gasteiger partial charge is 0.334 e. The number of carbonyl (C=O) groups is 1. The third-order valence-corrected chi connectivity index (χ3v) is 3.44. The van der Waals surface area contributed by atoms with E-state index in [1.807, 2.05) is 6.92 Å². The van der Waals surface area contributed by atoms with Crippen LogP contribution in [0.1, 0.15) is 46.3 Å². The molecule has 23 heavy (non-hydrogen) atoms. The zero-order chi connectivity index (χ0) is 17.1. The standard InChI is InChI=1S/C19H23NO3/c1-5-7-9-11-15(3)18(12-17-13-20-14-22-17)23-19(21)16(4)10-8-6-2/h10,13-15,18H,9,11-12H2,1-4H3/b16-10+/t15-,18-/m1/s1. The third kappa shape index (κ3) is 6.89. The van der Waals surface area contributed by atoms with Crippen molar-refractivity contribution in [1.82, 2.24) is 4.98 Å². The molecule has 1 aromatic rings. The largest absolute Gasteiger partial charge is 0.458 e. The van der Waals surface area contributed by atoms with Crippen molar-refractivity contribution >= 4 is 5.97 Å². The van der Waals surface area contributed by atoms with Crippen molar-refractivity contribution in [1.29, 1.82) is 0 Å². The Bertz CT molecular complexity index is 636. The number of hydrogen-bond acceptors (Lipinski definition) is 4. The zero-order valence-electron chi connectivity index (χ0n) is 14.2. The molecular weight excluding hydrogens is 290 g/mol. The van der Waals surface area contributed by atoms with E-state index in [2.05, 4.69) is 35.6 Å². The lowest BCUT2D eigenvalue weighted by atomic mass is 9.95. The van der Waals surface area contributed by atoms with Crippen LogP contribution in [0.25, 0.3) is 0 Å². The molecule has 0 aliphatic carbocycles. The highest BCUT2D eigenvalue weighted by Crippen LogP contribution is 2.19. The van der Waals surface area contributed by atoms with Gasteiger partial charge in [-0.15, -0.1) is 17.8 Å². The third-order valence-electron chi connectivity index (χ3n) is 3.44. The number of ether oxygens (including phenoxy) is 1. The van der Waals surface area contributed by atoms with Gasteiger partial charge in [0.25, 0.3) is 0 Å². The van der Waals surface area contributed by atoms with Crippen LogP contribution in [0, 0.1) is 29.6 Å². The Morgan fingerprint density at radius 3 is 2.83 bits per heavy atom. The van der Waals surface area contributed by atoms with Gasteiger partial charge < -0.3 is 9.15 Å². The minimum Gasteiger partial charge on any atom is -0.458 e. The lowest BCUT2D eigenvalue weighted by Gasteiger charge is -2.23. The van der Waals surface area contributed by atoms with Gasteiger partial charge >= 0.3 is 5.97 Å². The molecule has 0 fully saturated rings. The second-order valence-corrected chi connectivity index (χ2v) is 5.28. The molecule has 0 aliphatic heterocycles. The lowest BCUT2D eigenvalue weighted by molar-refractivity contribution is -0.146. The molecule has 0 aromatic carbocycles. The highest BCUT2D eigenvalue weighted by Gasteiger charge is 2.23. The molecule has 0 N–H and O–H groups in total. The zero-order valence-corrected chi connectivity index (χ0v) is 14.2. The highest BCUT2D eigenvalue weighted by molar-refractivity contribution is 5.88. The first kappa shape index (κ1) is 18.6. The summed E-state index contributed by atoms with van der Waals surface area (Å²) in [5, 5.41) is 0. The van der Waals surface area contributed by atoms with Crippen LogP contribution in [0.4, 0.5) is 0 Å². The van der Waals surface area contributed by atoms with Gasteiger partial charge in [0.2, 0.25) is 0 Å². The first-order valence-corrected chi connectivity index (χ1v) is 7.65. The van der Waals surface area contributed by atoms with E-state index >= 15 is 0 Å². The number of oxazole rings is 1. The fourth-order valence-electron chi connectivity index (χ4n) is 1.98. The summed E-state index contributed by atoms with van der Waals surface area (Å²) in [5.74, 6) is 11.9. The van der Waals surface area contributed by atoms with Crippen LogP contribution in [0.2, 0.25) is 0 Å². The average molecular weight is 313 g/mol. The molecule has 0 radical (unpaired) electrons. The number of esters is 1. The molecule has 0 spiro atoms. The van der Waals surface area contributed by atoms with Gasteiger partial charge in [0.05, 0.1) is 6.20 Å². The monoisotopic (exact) mass is 313 g/mol. The molecule has 2 atom stereocenters. The Kier molecular flexibility index (Phi) is 8.32. The van der Waals surface area contributed by atoms with Gasteiger partial charge in [-0.25, -0.2) is 9.78 Å². The maximum Gasteiger partial charge on any atom is 0.334 e. The predicted molar refractivity (Wildman–Crippen MR) is 89.1 cm³/mol. The SMILES string of the molecule is CC#C/C=C(\C)C(=O)O[C@H](Cc1cnco1)[C@H](C)CCC#CC. The van der Waals surface area contributed by atoms with Crippen LogP contribution in [-0.2, 0) is 16.0 Å². The summed E-state index contributed by atoms with van der Waals surface area (Å²) in [6.45, 7) is 7.29. The Balaban J connectivity index is 2.78. The first-order valence-electron chi connectivity index (χ1n) is 7.65. The van der Waals surface area contributed by atoms with Crippen molar-refractivity contribution < 1.29 is 13.9 Å². The van der Waals surface area contributed by atoms with E-state index in [0.717, 1.165) is 12.8 Å². The van der Waals surface area contributed by atoms with Gasteiger partial charge in [0, 0.05) is 18.4 Å². The molecule has 1 aromatic heterocycles. The molecule has 0 saturated carbocycles. The van der Waals surface area contributed by atoms with E-state index in [0.29, 0.717) is 17.8 Å². The molecule has 1 heterocycles. The molecule has 1 rings (SSSR count). The van der Waals surface area contributed by atoms with Gasteiger partial charge in [0.1, 0.15) is 11.9 Å². The number of allylic oxidation sites excluding steroid dienone is 1. The van der Waals surface area contributed by atoms with Crippen molar-refractivity contribution in [2.24, 2.45) is 5.92 Å². The number of aromatic nitrogens is 1. The minimum absolute atomic E-state index is 0.162. The Labute approximate surface area is 138 Å². The molecule has 0 amide bonds. The van der Waals surface area contributed by atoms with Crippen LogP contribution < -0.4 is 0 Å². The normalized spacial score (nSPS) is 13.1. The van der Waals surface area contributed by atoms with E-state index in [1.165, 1.54) is 6.39 Å². The van der Waals surface area contributed by atoms with Crippen molar-refractivity contribution in [2.75, 3.05) is 0 Å². The van der Waals surface area contributed by atoms with Crippen LogP contribution in [0.15, 0.2) is 28.7 Å². The second kappa shape index (κ2) is 10.3. The van der Waals surface area contributed by atoms with Crippen molar-refractivity contribution in [3.05, 3.63) is 30.0 Å². The van der Waals surface area contributed by atoms with Crippen LogP contribution in [0.3, 0.4) is 0 Å². The first-order chi connectivity index (χ1) is 11.1. The minimum atomic E-state index is -0.356. The van der Waals surface area contributed by atoms with E-state index in [1.54, 1.807) is 26.1 Å². The van der Waals surface area contributed by atoms with Crippen molar-refractivity contribution in [3.63, 3.8) is 0 Å². The van der Waals surface area contributed by atoms with Gasteiger partial charge in [-0.3, -0.25) is 0 Å². The Morgan fingerprint density at radius 1 is 1.43 bits per heavy atom. The maximum absolute atomic E-state index is 12.2. The number of nitrogens with zero attached hydrogens (tertiary/aromatic N) is 1. The molecule has 0 aliphatic rings. The van der Waals surface area contributed by atoms with E-state index in [-0.39, 0.29) is 18.0 Å².